The van der Waals surface area contributed by atoms with Crippen molar-refractivity contribution in [3.05, 3.63) is 11.3 Å². The fourth-order valence-electron chi connectivity index (χ4n) is 1.24. The molecule has 2 nitrogen and oxygen atoms in total. The van der Waals surface area contributed by atoms with E-state index in [4.69, 9.17) is 39.6 Å². The van der Waals surface area contributed by atoms with Gasteiger partial charge in [0.05, 0.1) is 17.1 Å². The Morgan fingerprint density at radius 1 is 1.67 bits per heavy atom. The molecule has 0 N–H and O–H groups in total. The predicted octanol–water partition coefficient (Wildman–Crippen LogP) is 2.65. The first-order valence-electron chi connectivity index (χ1n) is 3.71. The van der Waals surface area contributed by atoms with E-state index in [-0.39, 0.29) is 12.1 Å². The van der Waals surface area contributed by atoms with Gasteiger partial charge >= 0.3 is 0 Å². The van der Waals surface area contributed by atoms with E-state index in [0.29, 0.717) is 5.03 Å². The maximum absolute atomic E-state index is 5.88. The second kappa shape index (κ2) is 2.68. The van der Waals surface area contributed by atoms with Gasteiger partial charge in [-0.25, -0.2) is 0 Å². The number of nitrogens with zero attached hydrogens (tertiary/aromatic N) is 1. The van der Waals surface area contributed by atoms with Gasteiger partial charge in [0.25, 0.3) is 0 Å². The van der Waals surface area contributed by atoms with Gasteiger partial charge in [0, 0.05) is 6.42 Å². The molecule has 0 spiro atoms. The van der Waals surface area contributed by atoms with E-state index in [1.165, 1.54) is 6.26 Å². The fourth-order valence-corrected chi connectivity index (χ4v) is 1.86. The molecular formula is C7H8Cl3NO. The molecule has 1 aliphatic heterocycles. The molecule has 0 amide bonds. The Hall–Kier alpha value is 0.370. The Bertz CT molecular complexity index is 241. The van der Waals surface area contributed by atoms with Crippen LogP contribution in [0.5, 0.6) is 0 Å². The van der Waals surface area contributed by atoms with Crippen LogP contribution in [0, 0.1) is 0 Å². The lowest BCUT2D eigenvalue weighted by Crippen LogP contribution is -2.32. The molecule has 1 fully saturated rings. The van der Waals surface area contributed by atoms with Crippen LogP contribution in [0.2, 0.25) is 0 Å². The van der Waals surface area contributed by atoms with E-state index in [2.05, 4.69) is 0 Å². The number of hydrogen-bond acceptors (Lipinski definition) is 2. The minimum Gasteiger partial charge on any atom is -0.412 e. The number of hydroxylamine groups is 2. The standard InChI is InChI=1S/C7H8Cl3NO/c1-4-5(8)3-12-11(4)6-2-7(6,9)10/h3-4,6H,2H2,1H3. The summed E-state index contributed by atoms with van der Waals surface area (Å²) in [7, 11) is 0. The summed E-state index contributed by atoms with van der Waals surface area (Å²) in [5.41, 5.74) is 0. The van der Waals surface area contributed by atoms with Gasteiger partial charge in [-0.1, -0.05) is 34.8 Å². The Balaban J connectivity index is 2.02. The Labute approximate surface area is 86.0 Å². The molecule has 0 saturated heterocycles. The smallest absolute Gasteiger partial charge is 0.138 e. The SMILES string of the molecule is CC1C(Cl)=CON1C1CC1(Cl)Cl. The lowest BCUT2D eigenvalue weighted by molar-refractivity contribution is -0.108. The highest BCUT2D eigenvalue weighted by atomic mass is 35.5. The van der Waals surface area contributed by atoms with E-state index in [1.54, 1.807) is 5.06 Å². The van der Waals surface area contributed by atoms with Crippen LogP contribution >= 0.6 is 34.8 Å². The zero-order valence-corrected chi connectivity index (χ0v) is 8.70. The molecule has 68 valence electrons. The van der Waals surface area contributed by atoms with Crippen LogP contribution in [0.25, 0.3) is 0 Å². The van der Waals surface area contributed by atoms with Crippen LogP contribution in [-0.2, 0) is 4.84 Å². The summed E-state index contributed by atoms with van der Waals surface area (Å²) in [5, 5.41) is 2.42. The molecule has 1 saturated carbocycles. The van der Waals surface area contributed by atoms with Gasteiger partial charge in [-0.05, 0) is 6.92 Å². The molecule has 0 aromatic carbocycles. The van der Waals surface area contributed by atoms with Gasteiger partial charge in [-0.3, -0.25) is 0 Å². The summed E-state index contributed by atoms with van der Waals surface area (Å²) in [4.78, 5) is 5.21. The Kier molecular flexibility index (Phi) is 2.00. The van der Waals surface area contributed by atoms with Gasteiger partial charge in [-0.2, -0.15) is 0 Å². The van der Waals surface area contributed by atoms with Gasteiger partial charge in [0.1, 0.15) is 10.6 Å². The summed E-state index contributed by atoms with van der Waals surface area (Å²) >= 11 is 17.6. The number of halogens is 3. The Morgan fingerprint density at radius 2 is 2.25 bits per heavy atom. The summed E-state index contributed by atoms with van der Waals surface area (Å²) < 4.78 is -0.649. The molecule has 2 aliphatic rings. The van der Waals surface area contributed by atoms with E-state index < -0.39 is 4.33 Å². The van der Waals surface area contributed by atoms with Crippen LogP contribution in [0.15, 0.2) is 11.3 Å². The van der Waals surface area contributed by atoms with Crippen molar-refractivity contribution in [3.8, 4) is 0 Å². The maximum Gasteiger partial charge on any atom is 0.138 e. The predicted molar refractivity (Wildman–Crippen MR) is 49.2 cm³/mol. The zero-order valence-electron chi connectivity index (χ0n) is 6.43. The summed E-state index contributed by atoms with van der Waals surface area (Å²) in [6, 6.07) is 0.138. The third kappa shape index (κ3) is 1.31. The molecular weight excluding hydrogens is 220 g/mol. The van der Waals surface area contributed by atoms with E-state index in [0.717, 1.165) is 6.42 Å². The zero-order chi connectivity index (χ0) is 8.93. The molecule has 0 aromatic heterocycles. The molecule has 1 aliphatic carbocycles. The second-order valence-corrected chi connectivity index (χ2v) is 5.10. The average molecular weight is 229 g/mol. The molecule has 0 radical (unpaired) electrons. The molecule has 2 atom stereocenters. The van der Waals surface area contributed by atoms with Crippen molar-refractivity contribution in [1.82, 2.24) is 5.06 Å². The molecule has 0 bridgehead atoms. The van der Waals surface area contributed by atoms with Crippen LogP contribution in [0.3, 0.4) is 0 Å². The third-order valence-electron chi connectivity index (χ3n) is 2.17. The number of alkyl halides is 2. The third-order valence-corrected chi connectivity index (χ3v) is 3.39. The quantitative estimate of drug-likeness (QED) is 0.640. The minimum atomic E-state index is -0.649. The van der Waals surface area contributed by atoms with Crippen molar-refractivity contribution in [2.45, 2.75) is 29.8 Å². The highest BCUT2D eigenvalue weighted by Crippen LogP contribution is 2.52. The highest BCUT2D eigenvalue weighted by molar-refractivity contribution is 6.51. The molecule has 12 heavy (non-hydrogen) atoms. The highest BCUT2D eigenvalue weighted by Gasteiger charge is 2.58. The van der Waals surface area contributed by atoms with Crippen LogP contribution in [0.1, 0.15) is 13.3 Å². The van der Waals surface area contributed by atoms with Crippen molar-refractivity contribution in [2.75, 3.05) is 0 Å². The fraction of sp³-hybridized carbons (Fsp3) is 0.714. The van der Waals surface area contributed by atoms with Crippen molar-refractivity contribution < 1.29 is 4.84 Å². The average Bonchev–Trinajstić information content (AvgIpc) is 2.47. The van der Waals surface area contributed by atoms with Gasteiger partial charge < -0.3 is 4.84 Å². The minimum absolute atomic E-state index is 0.0658. The second-order valence-electron chi connectivity index (χ2n) is 3.12. The number of hydrogen-bond donors (Lipinski definition) is 0. The van der Waals surface area contributed by atoms with Crippen LogP contribution in [-0.4, -0.2) is 21.5 Å². The summed E-state index contributed by atoms with van der Waals surface area (Å²) in [6.07, 6.45) is 2.26. The van der Waals surface area contributed by atoms with E-state index in [9.17, 15) is 0 Å². The molecule has 2 unspecified atom stereocenters. The first-order chi connectivity index (χ1) is 5.52. The van der Waals surface area contributed by atoms with Crippen LogP contribution in [0.4, 0.5) is 0 Å². The van der Waals surface area contributed by atoms with E-state index >= 15 is 0 Å². The summed E-state index contributed by atoms with van der Waals surface area (Å²) in [5.74, 6) is 0. The van der Waals surface area contributed by atoms with Crippen molar-refractivity contribution in [1.29, 1.82) is 0 Å². The lowest BCUT2D eigenvalue weighted by atomic mass is 10.3. The Morgan fingerprint density at radius 3 is 2.58 bits per heavy atom. The van der Waals surface area contributed by atoms with Crippen molar-refractivity contribution in [2.24, 2.45) is 0 Å². The van der Waals surface area contributed by atoms with Gasteiger partial charge in [0.15, 0.2) is 0 Å². The molecule has 2 rings (SSSR count). The normalized spacial score (nSPS) is 39.2. The summed E-state index contributed by atoms with van der Waals surface area (Å²) in [6.45, 7) is 1.95. The van der Waals surface area contributed by atoms with Crippen molar-refractivity contribution >= 4 is 34.8 Å². The largest absolute Gasteiger partial charge is 0.412 e. The molecule has 1 heterocycles. The lowest BCUT2D eigenvalue weighted by Gasteiger charge is -2.19. The first-order valence-corrected chi connectivity index (χ1v) is 4.84. The van der Waals surface area contributed by atoms with E-state index in [1.807, 2.05) is 6.92 Å². The van der Waals surface area contributed by atoms with Crippen molar-refractivity contribution in [3.63, 3.8) is 0 Å². The van der Waals surface area contributed by atoms with Gasteiger partial charge in [-0.15, -0.1) is 5.06 Å². The maximum atomic E-state index is 5.88. The first kappa shape index (κ1) is 8.95. The molecule has 0 aromatic rings. The number of rotatable bonds is 1. The molecule has 5 heteroatoms. The monoisotopic (exact) mass is 227 g/mol. The topological polar surface area (TPSA) is 12.5 Å². The van der Waals surface area contributed by atoms with Crippen LogP contribution < -0.4 is 0 Å². The van der Waals surface area contributed by atoms with Gasteiger partial charge in [0.2, 0.25) is 0 Å².